The fraction of sp³-hybridized carbons (Fsp3) is 0.455. The van der Waals surface area contributed by atoms with Gasteiger partial charge in [-0.1, -0.05) is 19.9 Å². The van der Waals surface area contributed by atoms with Gasteiger partial charge in [0.05, 0.1) is 17.6 Å². The van der Waals surface area contributed by atoms with Crippen LogP contribution < -0.4 is 5.32 Å². The summed E-state index contributed by atoms with van der Waals surface area (Å²) in [4.78, 5) is 10.1. The minimum absolute atomic E-state index is 0.000356. The number of anilines is 1. The molecule has 0 saturated heterocycles. The zero-order chi connectivity index (χ0) is 12.1. The second kappa shape index (κ2) is 5.46. The van der Waals surface area contributed by atoms with E-state index in [1.807, 2.05) is 13.8 Å². The summed E-state index contributed by atoms with van der Waals surface area (Å²) in [5.74, 6) is 0.254. The second-order valence-electron chi connectivity index (χ2n) is 3.98. The standard InChI is InChI=1S/C11H16N2O3/c1-8(2)11(7-14)12-9-4-3-5-10(6-9)13(15)16/h3-6,8,11-12,14H,7H2,1-2H3. The number of nitrogens with one attached hydrogen (secondary N) is 1. The summed E-state index contributed by atoms with van der Waals surface area (Å²) in [6.45, 7) is 3.96. The van der Waals surface area contributed by atoms with Crippen molar-refractivity contribution in [2.45, 2.75) is 19.9 Å². The van der Waals surface area contributed by atoms with E-state index in [1.54, 1.807) is 12.1 Å². The summed E-state index contributed by atoms with van der Waals surface area (Å²) in [6, 6.07) is 6.18. The van der Waals surface area contributed by atoms with Crippen molar-refractivity contribution in [1.82, 2.24) is 0 Å². The topological polar surface area (TPSA) is 75.4 Å². The highest BCUT2D eigenvalue weighted by atomic mass is 16.6. The molecule has 1 unspecified atom stereocenters. The van der Waals surface area contributed by atoms with E-state index in [1.165, 1.54) is 12.1 Å². The third kappa shape index (κ3) is 3.20. The maximum atomic E-state index is 10.6. The third-order valence-electron chi connectivity index (χ3n) is 2.41. The van der Waals surface area contributed by atoms with Crippen LogP contribution in [0.5, 0.6) is 0 Å². The summed E-state index contributed by atoms with van der Waals surface area (Å²) < 4.78 is 0. The van der Waals surface area contributed by atoms with Crippen LogP contribution in [-0.2, 0) is 0 Å². The lowest BCUT2D eigenvalue weighted by atomic mass is 10.1. The molecular formula is C11H16N2O3. The average Bonchev–Trinajstić information content (AvgIpc) is 2.25. The summed E-state index contributed by atoms with van der Waals surface area (Å²) in [5, 5.41) is 22.8. The molecule has 0 radical (unpaired) electrons. The number of benzene rings is 1. The zero-order valence-electron chi connectivity index (χ0n) is 9.38. The van der Waals surface area contributed by atoms with Gasteiger partial charge in [-0.3, -0.25) is 10.1 Å². The van der Waals surface area contributed by atoms with E-state index in [0.29, 0.717) is 5.69 Å². The lowest BCUT2D eigenvalue weighted by molar-refractivity contribution is -0.384. The highest BCUT2D eigenvalue weighted by molar-refractivity contribution is 5.51. The van der Waals surface area contributed by atoms with Crippen molar-refractivity contribution < 1.29 is 10.0 Å². The molecule has 0 saturated carbocycles. The molecule has 5 heteroatoms. The molecule has 0 heterocycles. The summed E-state index contributed by atoms with van der Waals surface area (Å²) in [5.41, 5.74) is 0.701. The molecule has 5 nitrogen and oxygen atoms in total. The Hall–Kier alpha value is -1.62. The second-order valence-corrected chi connectivity index (χ2v) is 3.98. The Morgan fingerprint density at radius 1 is 1.50 bits per heavy atom. The van der Waals surface area contributed by atoms with Crippen molar-refractivity contribution in [3.05, 3.63) is 34.4 Å². The van der Waals surface area contributed by atoms with Gasteiger partial charge in [-0.2, -0.15) is 0 Å². The van der Waals surface area contributed by atoms with Gasteiger partial charge in [0.1, 0.15) is 0 Å². The maximum Gasteiger partial charge on any atom is 0.271 e. The van der Waals surface area contributed by atoms with E-state index < -0.39 is 4.92 Å². The van der Waals surface area contributed by atoms with E-state index in [4.69, 9.17) is 5.11 Å². The molecule has 1 aromatic rings. The molecular weight excluding hydrogens is 208 g/mol. The predicted molar refractivity (Wildman–Crippen MR) is 62.4 cm³/mol. The first-order valence-corrected chi connectivity index (χ1v) is 5.16. The van der Waals surface area contributed by atoms with Crippen LogP contribution in [0.4, 0.5) is 11.4 Å². The Kier molecular flexibility index (Phi) is 4.25. The van der Waals surface area contributed by atoms with Crippen molar-refractivity contribution in [2.24, 2.45) is 5.92 Å². The Morgan fingerprint density at radius 3 is 2.69 bits per heavy atom. The molecule has 16 heavy (non-hydrogen) atoms. The van der Waals surface area contributed by atoms with E-state index in [2.05, 4.69) is 5.32 Å². The monoisotopic (exact) mass is 224 g/mol. The van der Waals surface area contributed by atoms with Gasteiger partial charge in [0, 0.05) is 17.8 Å². The number of nitro benzene ring substituents is 1. The fourth-order valence-electron chi connectivity index (χ4n) is 1.35. The van der Waals surface area contributed by atoms with Crippen molar-refractivity contribution in [1.29, 1.82) is 0 Å². The normalized spacial score (nSPS) is 12.5. The number of hydrogen-bond acceptors (Lipinski definition) is 4. The number of non-ortho nitro benzene ring substituents is 1. The lowest BCUT2D eigenvalue weighted by Crippen LogP contribution is -2.29. The highest BCUT2D eigenvalue weighted by Crippen LogP contribution is 2.19. The number of nitrogens with zero attached hydrogens (tertiary/aromatic N) is 1. The predicted octanol–water partition coefficient (Wildman–Crippen LogP) is 2.02. The SMILES string of the molecule is CC(C)C(CO)Nc1cccc([N+](=O)[O-])c1. The average molecular weight is 224 g/mol. The maximum absolute atomic E-state index is 10.6. The number of rotatable bonds is 5. The molecule has 88 valence electrons. The number of hydrogen-bond donors (Lipinski definition) is 2. The molecule has 1 atom stereocenters. The molecule has 0 aromatic heterocycles. The molecule has 0 aliphatic carbocycles. The first-order chi connectivity index (χ1) is 7.54. The van der Waals surface area contributed by atoms with Gasteiger partial charge in [0.25, 0.3) is 5.69 Å². The van der Waals surface area contributed by atoms with Crippen LogP contribution >= 0.6 is 0 Å². The van der Waals surface area contributed by atoms with Crippen LogP contribution in [0.3, 0.4) is 0 Å². The van der Waals surface area contributed by atoms with Crippen LogP contribution in [0, 0.1) is 16.0 Å². The highest BCUT2D eigenvalue weighted by Gasteiger charge is 2.13. The van der Waals surface area contributed by atoms with Gasteiger partial charge in [-0.15, -0.1) is 0 Å². The van der Waals surface area contributed by atoms with Gasteiger partial charge in [0.2, 0.25) is 0 Å². The Balaban J connectivity index is 2.80. The first kappa shape index (κ1) is 12.4. The van der Waals surface area contributed by atoms with E-state index in [-0.39, 0.29) is 24.3 Å². The van der Waals surface area contributed by atoms with Crippen molar-refractivity contribution in [3.63, 3.8) is 0 Å². The summed E-state index contributed by atoms with van der Waals surface area (Å²) in [6.07, 6.45) is 0. The third-order valence-corrected chi connectivity index (χ3v) is 2.41. The molecule has 1 aromatic carbocycles. The van der Waals surface area contributed by atoms with Crippen LogP contribution in [0.1, 0.15) is 13.8 Å². The van der Waals surface area contributed by atoms with Gasteiger partial charge < -0.3 is 10.4 Å². The van der Waals surface area contributed by atoms with E-state index >= 15 is 0 Å². The zero-order valence-corrected chi connectivity index (χ0v) is 9.38. The van der Waals surface area contributed by atoms with E-state index in [0.717, 1.165) is 0 Å². The number of nitro groups is 1. The van der Waals surface area contributed by atoms with Gasteiger partial charge in [-0.25, -0.2) is 0 Å². The molecule has 0 aliphatic rings. The van der Waals surface area contributed by atoms with Crippen molar-refractivity contribution >= 4 is 11.4 Å². The van der Waals surface area contributed by atoms with Gasteiger partial charge in [-0.05, 0) is 12.0 Å². The number of aliphatic hydroxyl groups excluding tert-OH is 1. The van der Waals surface area contributed by atoms with Crippen molar-refractivity contribution in [3.8, 4) is 0 Å². The lowest BCUT2D eigenvalue weighted by Gasteiger charge is -2.20. The Labute approximate surface area is 94.3 Å². The quantitative estimate of drug-likeness (QED) is 0.592. The van der Waals surface area contributed by atoms with E-state index in [9.17, 15) is 10.1 Å². The van der Waals surface area contributed by atoms with Crippen LogP contribution in [0.25, 0.3) is 0 Å². The smallest absolute Gasteiger partial charge is 0.271 e. The summed E-state index contributed by atoms with van der Waals surface area (Å²) >= 11 is 0. The minimum Gasteiger partial charge on any atom is -0.394 e. The van der Waals surface area contributed by atoms with Crippen LogP contribution in [0.2, 0.25) is 0 Å². The Bertz CT molecular complexity index is 366. The molecule has 0 bridgehead atoms. The molecule has 0 spiro atoms. The molecule has 0 aliphatic heterocycles. The molecule has 0 amide bonds. The molecule has 2 N–H and O–H groups in total. The largest absolute Gasteiger partial charge is 0.394 e. The first-order valence-electron chi connectivity index (χ1n) is 5.16. The van der Waals surface area contributed by atoms with Gasteiger partial charge >= 0.3 is 0 Å². The van der Waals surface area contributed by atoms with Crippen LogP contribution in [0.15, 0.2) is 24.3 Å². The number of aliphatic hydroxyl groups is 1. The molecule has 1 rings (SSSR count). The Morgan fingerprint density at radius 2 is 2.19 bits per heavy atom. The fourth-order valence-corrected chi connectivity index (χ4v) is 1.35. The minimum atomic E-state index is -0.436. The van der Waals surface area contributed by atoms with Crippen molar-refractivity contribution in [2.75, 3.05) is 11.9 Å². The molecule has 0 fully saturated rings. The van der Waals surface area contributed by atoms with Gasteiger partial charge in [0.15, 0.2) is 0 Å². The van der Waals surface area contributed by atoms with Crippen LogP contribution in [-0.4, -0.2) is 22.7 Å². The summed E-state index contributed by atoms with van der Waals surface area (Å²) in [7, 11) is 0.